The Kier molecular flexibility index (Phi) is 8.27. The van der Waals surface area contributed by atoms with Crippen LogP contribution in [-0.4, -0.2) is 92.3 Å². The Hall–Kier alpha value is -3.71. The molecule has 0 aliphatic carbocycles. The van der Waals surface area contributed by atoms with Crippen LogP contribution >= 0.6 is 11.3 Å². The van der Waals surface area contributed by atoms with Crippen LogP contribution in [0.4, 0.5) is 4.39 Å². The minimum absolute atomic E-state index is 0.0714. The molecule has 0 radical (unpaired) electrons. The maximum absolute atomic E-state index is 13.9. The molecular weight excluding hydrogens is 571 g/mol. The van der Waals surface area contributed by atoms with Gasteiger partial charge in [-0.05, 0) is 63.9 Å². The molecule has 4 aliphatic rings. The minimum atomic E-state index is -0.844. The van der Waals surface area contributed by atoms with Crippen molar-refractivity contribution in [3.05, 3.63) is 57.6 Å². The lowest BCUT2D eigenvalue weighted by Crippen LogP contribution is -2.58. The Balaban J connectivity index is 1.28. The monoisotopic (exact) mass is 608 g/mol. The second-order valence-corrected chi connectivity index (χ2v) is 13.3. The average molecular weight is 609 g/mol. The third-order valence-electron chi connectivity index (χ3n) is 8.92. The summed E-state index contributed by atoms with van der Waals surface area (Å²) in [5.41, 5.74) is 1.25. The molecule has 1 spiro atoms. The standard InChI is InChI=1S/C30H37FN8O3S/c1-19-24-16-26(40)34-30(9-13-37(2)14-10-30)17-27(41)32-25(29(42)38-11-7-20(8-12-38)28(33-24)43-19)15-22-18-39(36-35-22)23-5-3-21(31)4-6-23/h3-6,18,20,25H,7-17H2,1-2H3,(H,32,41)(H,34,40)/t25-/m1/s1. The summed E-state index contributed by atoms with van der Waals surface area (Å²) in [4.78, 5) is 50.9. The number of nitrogens with zero attached hydrogens (tertiary/aromatic N) is 6. The summed E-state index contributed by atoms with van der Waals surface area (Å²) in [5.74, 6) is -0.710. The molecule has 13 heteroatoms. The Morgan fingerprint density at radius 1 is 1.05 bits per heavy atom. The maximum Gasteiger partial charge on any atom is 0.245 e. The van der Waals surface area contributed by atoms with Gasteiger partial charge >= 0.3 is 0 Å². The number of piperidine rings is 2. The fraction of sp³-hybridized carbons (Fsp3) is 0.533. The van der Waals surface area contributed by atoms with E-state index in [1.807, 2.05) is 18.9 Å². The number of aromatic nitrogens is 4. The van der Waals surface area contributed by atoms with Gasteiger partial charge in [-0.25, -0.2) is 14.1 Å². The van der Waals surface area contributed by atoms with E-state index in [0.717, 1.165) is 41.5 Å². The number of aryl methyl sites for hydroxylation is 1. The van der Waals surface area contributed by atoms with Crippen molar-refractivity contribution in [2.24, 2.45) is 0 Å². The van der Waals surface area contributed by atoms with Crippen LogP contribution in [0.2, 0.25) is 0 Å². The Labute approximate surface area is 253 Å². The van der Waals surface area contributed by atoms with E-state index < -0.39 is 11.6 Å². The van der Waals surface area contributed by atoms with Gasteiger partial charge in [-0.2, -0.15) is 0 Å². The molecule has 2 saturated heterocycles. The van der Waals surface area contributed by atoms with E-state index in [9.17, 15) is 18.8 Å². The van der Waals surface area contributed by atoms with Crippen LogP contribution in [0.25, 0.3) is 5.69 Å². The van der Waals surface area contributed by atoms with Crippen molar-refractivity contribution in [3.8, 4) is 5.69 Å². The smallest absolute Gasteiger partial charge is 0.245 e. The van der Waals surface area contributed by atoms with Crippen LogP contribution < -0.4 is 10.6 Å². The first-order valence-corrected chi connectivity index (χ1v) is 15.7. The summed E-state index contributed by atoms with van der Waals surface area (Å²) >= 11 is 1.64. The van der Waals surface area contributed by atoms with E-state index in [1.165, 1.54) is 16.8 Å². The highest BCUT2D eigenvalue weighted by atomic mass is 32.1. The molecule has 7 rings (SSSR count). The molecule has 228 valence electrons. The Morgan fingerprint density at radius 3 is 2.49 bits per heavy atom. The van der Waals surface area contributed by atoms with Crippen LogP contribution in [0.15, 0.2) is 30.5 Å². The van der Waals surface area contributed by atoms with E-state index in [0.29, 0.717) is 37.3 Å². The van der Waals surface area contributed by atoms with Gasteiger partial charge in [-0.1, -0.05) is 5.21 Å². The highest BCUT2D eigenvalue weighted by Crippen LogP contribution is 2.33. The van der Waals surface area contributed by atoms with Crippen molar-refractivity contribution in [1.82, 2.24) is 40.4 Å². The molecule has 6 heterocycles. The lowest BCUT2D eigenvalue weighted by molar-refractivity contribution is -0.138. The zero-order valence-electron chi connectivity index (χ0n) is 24.5. The van der Waals surface area contributed by atoms with Gasteiger partial charge in [0.2, 0.25) is 17.7 Å². The Morgan fingerprint density at radius 2 is 1.77 bits per heavy atom. The number of amides is 3. The number of fused-ring (bicyclic) bond motifs is 8. The molecule has 1 aromatic carbocycles. The lowest BCUT2D eigenvalue weighted by Gasteiger charge is -2.41. The van der Waals surface area contributed by atoms with Crippen LogP contribution in [0.3, 0.4) is 0 Å². The predicted octanol–water partition coefficient (Wildman–Crippen LogP) is 2.13. The molecule has 11 nitrogen and oxygen atoms in total. The van der Waals surface area contributed by atoms with E-state index in [2.05, 4.69) is 25.8 Å². The van der Waals surface area contributed by atoms with Crippen molar-refractivity contribution in [2.45, 2.75) is 69.4 Å². The lowest BCUT2D eigenvalue weighted by atomic mass is 9.83. The average Bonchev–Trinajstić information content (AvgIpc) is 3.60. The predicted molar refractivity (Wildman–Crippen MR) is 158 cm³/mol. The highest BCUT2D eigenvalue weighted by Gasteiger charge is 2.39. The SMILES string of the molecule is Cc1sc2nc1CC(=O)NC1(CCN(C)CC1)CC(=O)N[C@H](Cc1cn(-c3ccc(F)cc3)nn1)C(=O)N1CCC2CC1. The van der Waals surface area contributed by atoms with Gasteiger partial charge in [-0.15, -0.1) is 16.4 Å². The van der Waals surface area contributed by atoms with E-state index >= 15 is 0 Å². The largest absolute Gasteiger partial charge is 0.350 e. The summed E-state index contributed by atoms with van der Waals surface area (Å²) in [7, 11) is 2.03. The summed E-state index contributed by atoms with van der Waals surface area (Å²) in [6.07, 6.45) is 4.89. The molecule has 3 aromatic rings. The fourth-order valence-electron chi connectivity index (χ4n) is 6.31. The molecule has 3 amide bonds. The van der Waals surface area contributed by atoms with Gasteiger partial charge in [0.1, 0.15) is 11.9 Å². The number of benzene rings is 1. The summed E-state index contributed by atoms with van der Waals surface area (Å²) in [6.45, 7) is 4.62. The number of halogens is 1. The number of likely N-dealkylation sites (tertiary alicyclic amines) is 1. The van der Waals surface area contributed by atoms with E-state index in [4.69, 9.17) is 4.98 Å². The van der Waals surface area contributed by atoms with Gasteiger partial charge in [-0.3, -0.25) is 14.4 Å². The molecule has 2 fully saturated rings. The van der Waals surface area contributed by atoms with Crippen molar-refractivity contribution >= 4 is 29.1 Å². The second kappa shape index (κ2) is 12.1. The first-order chi connectivity index (χ1) is 20.7. The van der Waals surface area contributed by atoms with Crippen molar-refractivity contribution in [3.63, 3.8) is 0 Å². The van der Waals surface area contributed by atoms with E-state index in [-0.39, 0.29) is 48.7 Å². The highest BCUT2D eigenvalue weighted by molar-refractivity contribution is 7.11. The van der Waals surface area contributed by atoms with Crippen molar-refractivity contribution < 1.29 is 18.8 Å². The van der Waals surface area contributed by atoms with Crippen LogP contribution in [0.5, 0.6) is 0 Å². The minimum Gasteiger partial charge on any atom is -0.350 e. The number of nitrogens with one attached hydrogen (secondary N) is 2. The molecule has 0 unspecified atom stereocenters. The zero-order chi connectivity index (χ0) is 30.1. The third kappa shape index (κ3) is 6.62. The summed E-state index contributed by atoms with van der Waals surface area (Å²) in [6, 6.07) is 5.04. The van der Waals surface area contributed by atoms with Crippen LogP contribution in [-0.2, 0) is 27.2 Å². The van der Waals surface area contributed by atoms with Gasteiger partial charge in [0.15, 0.2) is 0 Å². The number of carbonyl (C=O) groups excluding carboxylic acids is 3. The molecular formula is C30H37FN8O3S. The van der Waals surface area contributed by atoms with Gasteiger partial charge < -0.3 is 20.4 Å². The number of hydrogen-bond donors (Lipinski definition) is 2. The van der Waals surface area contributed by atoms with Crippen molar-refractivity contribution in [1.29, 1.82) is 0 Å². The van der Waals surface area contributed by atoms with E-state index in [1.54, 1.807) is 29.7 Å². The number of hydrogen-bond acceptors (Lipinski definition) is 8. The van der Waals surface area contributed by atoms with Gasteiger partial charge in [0, 0.05) is 49.8 Å². The molecule has 0 saturated carbocycles. The molecule has 4 bridgehead atoms. The number of carbonyl (C=O) groups is 3. The second-order valence-electron chi connectivity index (χ2n) is 12.1. The van der Waals surface area contributed by atoms with Crippen molar-refractivity contribution in [2.75, 3.05) is 33.2 Å². The maximum atomic E-state index is 13.9. The Bertz CT molecular complexity index is 1490. The zero-order valence-corrected chi connectivity index (χ0v) is 25.3. The molecule has 43 heavy (non-hydrogen) atoms. The number of rotatable bonds is 3. The molecule has 4 aliphatic heterocycles. The first-order valence-electron chi connectivity index (χ1n) is 14.9. The fourth-order valence-corrected chi connectivity index (χ4v) is 7.42. The van der Waals surface area contributed by atoms with Gasteiger partial charge in [0.05, 0.1) is 40.2 Å². The normalized spacial score (nSPS) is 22.2. The topological polar surface area (TPSA) is 125 Å². The molecule has 2 aromatic heterocycles. The quantitative estimate of drug-likeness (QED) is 0.467. The molecule has 1 atom stereocenters. The van der Waals surface area contributed by atoms with Crippen LogP contribution in [0.1, 0.15) is 59.3 Å². The first kappa shape index (κ1) is 29.4. The van der Waals surface area contributed by atoms with Crippen LogP contribution in [0, 0.1) is 12.7 Å². The van der Waals surface area contributed by atoms with Gasteiger partial charge in [0.25, 0.3) is 0 Å². The summed E-state index contributed by atoms with van der Waals surface area (Å²) < 4.78 is 14.9. The summed E-state index contributed by atoms with van der Waals surface area (Å²) in [5, 5.41) is 15.7. The third-order valence-corrected chi connectivity index (χ3v) is 10.1. The molecule has 2 N–H and O–H groups in total. The number of thiazole rings is 1.